The molecule has 4 aromatic rings. The number of nitrogens with zero attached hydrogens (tertiary/aromatic N) is 1. The van der Waals surface area contributed by atoms with E-state index < -0.39 is 11.1 Å². The first-order valence-electron chi connectivity index (χ1n) is 17.1. The molecule has 47 heavy (non-hydrogen) atoms. The van der Waals surface area contributed by atoms with Crippen LogP contribution < -0.4 is 10.2 Å². The Balaban J connectivity index is 1.31. The van der Waals surface area contributed by atoms with Gasteiger partial charge in [0.15, 0.2) is 5.78 Å². The van der Waals surface area contributed by atoms with E-state index in [9.17, 15) is 19.1 Å². The third-order valence-electron chi connectivity index (χ3n) is 11.0. The van der Waals surface area contributed by atoms with E-state index in [0.29, 0.717) is 46.3 Å². The maximum atomic E-state index is 14.0. The third-order valence-corrected chi connectivity index (χ3v) is 11.0. The fourth-order valence-electron chi connectivity index (χ4n) is 10.4. The van der Waals surface area contributed by atoms with Crippen LogP contribution in [0.1, 0.15) is 100 Å². The Bertz CT molecular complexity index is 1830. The van der Waals surface area contributed by atoms with Crippen molar-refractivity contribution < 1.29 is 23.5 Å². The van der Waals surface area contributed by atoms with Gasteiger partial charge in [-0.1, -0.05) is 32.9 Å². The average molecular weight is 637 g/mol. The van der Waals surface area contributed by atoms with E-state index >= 15 is 0 Å². The number of fused-ring (bicyclic) bond motifs is 1. The highest BCUT2D eigenvalue weighted by molar-refractivity contribution is 6.13. The molecule has 0 radical (unpaired) electrons. The molecule has 3 aromatic carbocycles. The summed E-state index contributed by atoms with van der Waals surface area (Å²) < 4.78 is 20.2. The van der Waals surface area contributed by atoms with Crippen LogP contribution in [0.25, 0.3) is 33.4 Å². The summed E-state index contributed by atoms with van der Waals surface area (Å²) in [5, 5.41) is 15.7. The summed E-state index contributed by atoms with van der Waals surface area (Å²) in [6.45, 7) is 12.1. The first kappa shape index (κ1) is 31.6. The summed E-state index contributed by atoms with van der Waals surface area (Å²) in [6, 6.07) is 17.7. The molecule has 2 atom stereocenters. The minimum absolute atomic E-state index is 0.0203. The van der Waals surface area contributed by atoms with Gasteiger partial charge in [0.1, 0.15) is 17.2 Å². The van der Waals surface area contributed by atoms with E-state index in [1.54, 1.807) is 12.1 Å². The largest absolute Gasteiger partial charge is 0.455 e. The van der Waals surface area contributed by atoms with Gasteiger partial charge in [-0.3, -0.25) is 9.59 Å². The minimum atomic E-state index is -0.730. The summed E-state index contributed by atoms with van der Waals surface area (Å²) in [4.78, 5) is 29.7. The number of anilines is 1. The molecule has 0 spiro atoms. The number of carbonyl (C=O) groups is 2. The lowest BCUT2D eigenvalue weighted by Gasteiger charge is -2.68. The van der Waals surface area contributed by atoms with Crippen molar-refractivity contribution >= 4 is 28.3 Å². The Kier molecular flexibility index (Phi) is 7.43. The summed E-state index contributed by atoms with van der Waals surface area (Å²) in [5.41, 5.74) is 3.87. The Morgan fingerprint density at radius 1 is 0.872 bits per heavy atom. The lowest BCUT2D eigenvalue weighted by atomic mass is 9.41. The molecule has 4 aliphatic rings. The zero-order chi connectivity index (χ0) is 33.4. The van der Waals surface area contributed by atoms with Crippen LogP contribution in [-0.2, 0) is 0 Å². The second kappa shape index (κ2) is 11.0. The molecule has 4 bridgehead atoms. The number of rotatable bonds is 9. The van der Waals surface area contributed by atoms with Crippen LogP contribution in [-0.4, -0.2) is 41.0 Å². The van der Waals surface area contributed by atoms with Crippen molar-refractivity contribution in [2.75, 3.05) is 18.0 Å². The van der Waals surface area contributed by atoms with Gasteiger partial charge < -0.3 is 19.7 Å². The number of nitrogens with one attached hydrogen (secondary N) is 1. The van der Waals surface area contributed by atoms with Crippen LogP contribution in [0.5, 0.6) is 0 Å². The van der Waals surface area contributed by atoms with E-state index in [1.807, 2.05) is 43.3 Å². The number of ketones is 1. The van der Waals surface area contributed by atoms with Gasteiger partial charge in [-0.05, 0) is 111 Å². The smallest absolute Gasteiger partial charge is 0.251 e. The Hall–Kier alpha value is -3.97. The average Bonchev–Trinajstić information content (AvgIpc) is 3.37. The predicted molar refractivity (Wildman–Crippen MR) is 184 cm³/mol. The molecule has 4 saturated carbocycles. The van der Waals surface area contributed by atoms with Gasteiger partial charge in [0, 0.05) is 58.9 Å². The molecular weight excluding hydrogens is 591 g/mol. The van der Waals surface area contributed by atoms with Crippen molar-refractivity contribution in [1.29, 1.82) is 0 Å². The fourth-order valence-corrected chi connectivity index (χ4v) is 10.4. The lowest BCUT2D eigenvalue weighted by molar-refractivity contribution is -0.202. The predicted octanol–water partition coefficient (Wildman–Crippen LogP) is 8.94. The molecule has 2 N–H and O–H groups in total. The van der Waals surface area contributed by atoms with Crippen LogP contribution >= 0.6 is 0 Å². The normalized spacial score (nSPS) is 27.7. The Morgan fingerprint density at radius 2 is 1.55 bits per heavy atom. The molecule has 4 fully saturated rings. The molecule has 7 heteroatoms. The highest BCUT2D eigenvalue weighted by atomic mass is 19.1. The number of furan rings is 1. The van der Waals surface area contributed by atoms with Crippen molar-refractivity contribution in [2.24, 2.45) is 10.8 Å². The monoisotopic (exact) mass is 636 g/mol. The van der Waals surface area contributed by atoms with E-state index in [4.69, 9.17) is 4.42 Å². The van der Waals surface area contributed by atoms with Crippen LogP contribution in [0, 0.1) is 16.6 Å². The van der Waals surface area contributed by atoms with Gasteiger partial charge >= 0.3 is 0 Å². The molecule has 1 heterocycles. The third kappa shape index (κ3) is 5.46. The molecule has 6 nitrogen and oxygen atoms in total. The highest BCUT2D eigenvalue weighted by Crippen LogP contribution is 2.67. The first-order valence-corrected chi connectivity index (χ1v) is 17.1. The minimum Gasteiger partial charge on any atom is -0.455 e. The molecule has 246 valence electrons. The molecule has 1 amide bonds. The highest BCUT2D eigenvalue weighted by Gasteiger charge is 2.65. The van der Waals surface area contributed by atoms with Gasteiger partial charge in [0.05, 0.1) is 11.2 Å². The molecule has 0 aliphatic heterocycles. The van der Waals surface area contributed by atoms with Crippen molar-refractivity contribution in [3.63, 3.8) is 0 Å². The molecule has 1 aromatic heterocycles. The summed E-state index contributed by atoms with van der Waals surface area (Å²) >= 11 is 0. The number of hydrogen-bond acceptors (Lipinski definition) is 5. The molecule has 2 unspecified atom stereocenters. The number of benzene rings is 3. The van der Waals surface area contributed by atoms with Crippen LogP contribution in [0.3, 0.4) is 0 Å². The Labute approximate surface area is 276 Å². The molecular formula is C40H45FN2O4. The van der Waals surface area contributed by atoms with Crippen molar-refractivity contribution in [3.05, 3.63) is 77.6 Å². The number of carbonyl (C=O) groups excluding carboxylic acids is 2. The van der Waals surface area contributed by atoms with Gasteiger partial charge in [-0.25, -0.2) is 4.39 Å². The van der Waals surface area contributed by atoms with Gasteiger partial charge in [0.2, 0.25) is 0 Å². The van der Waals surface area contributed by atoms with E-state index in [2.05, 4.69) is 37.9 Å². The quantitative estimate of drug-likeness (QED) is 0.179. The number of halogens is 1. The zero-order valence-electron chi connectivity index (χ0n) is 28.1. The molecule has 0 saturated heterocycles. The summed E-state index contributed by atoms with van der Waals surface area (Å²) in [7, 11) is 0. The van der Waals surface area contributed by atoms with Gasteiger partial charge in [0.25, 0.3) is 5.91 Å². The molecule has 4 aliphatic carbocycles. The van der Waals surface area contributed by atoms with Crippen molar-refractivity contribution in [3.8, 4) is 22.5 Å². The maximum Gasteiger partial charge on any atom is 0.251 e. The summed E-state index contributed by atoms with van der Waals surface area (Å²) in [6.07, 6.45) is 5.36. The van der Waals surface area contributed by atoms with Gasteiger partial charge in [-0.15, -0.1) is 0 Å². The van der Waals surface area contributed by atoms with Gasteiger partial charge in [-0.2, -0.15) is 0 Å². The van der Waals surface area contributed by atoms with Crippen LogP contribution in [0.15, 0.2) is 65.1 Å². The second-order valence-electron chi connectivity index (χ2n) is 15.3. The van der Waals surface area contributed by atoms with Crippen LogP contribution in [0.4, 0.5) is 10.1 Å². The van der Waals surface area contributed by atoms with Crippen LogP contribution in [0.2, 0.25) is 0 Å². The van der Waals surface area contributed by atoms with E-state index in [-0.39, 0.29) is 28.3 Å². The zero-order valence-corrected chi connectivity index (χ0v) is 28.1. The Morgan fingerprint density at radius 3 is 2.17 bits per heavy atom. The fraction of sp³-hybridized carbons (Fsp3) is 0.450. The lowest BCUT2D eigenvalue weighted by Crippen LogP contribution is -2.70. The van der Waals surface area contributed by atoms with E-state index in [1.165, 1.54) is 12.1 Å². The topological polar surface area (TPSA) is 82.8 Å². The maximum absolute atomic E-state index is 14.0. The molecule has 8 rings (SSSR count). The SMILES string of the molecule is CCC(=O)c1c(-c2ccc(F)cc2)oc2cc(N(CC)CC)c(-c3cccc(C(=O)NC45CC6(C)CC(C)(CC(O)(C6)C4)C5)c3)cc12. The number of amides is 1. The summed E-state index contributed by atoms with van der Waals surface area (Å²) in [5.74, 6) is -0.107. The number of Topliss-reactive ketones (excluding diaryl/α,β-unsaturated/α-hetero) is 1. The first-order chi connectivity index (χ1) is 22.3. The number of aliphatic hydroxyl groups is 1. The van der Waals surface area contributed by atoms with E-state index in [0.717, 1.165) is 62.0 Å². The standard InChI is InChI=1S/C40H45FN2O4/c1-6-32(44)34-30-17-29(31(43(7-2)8-3)18-33(30)47-35(34)25-12-14-28(41)15-13-25)26-10-9-11-27(16-26)36(45)42-39-20-37(4)19-38(5,21-39)23-40(46,22-37)24-39/h9-18,46H,6-8,19-24H2,1-5H3,(H,42,45). The second-order valence-corrected chi connectivity index (χ2v) is 15.3. The van der Waals surface area contributed by atoms with Crippen molar-refractivity contribution in [2.45, 2.75) is 90.7 Å². The van der Waals surface area contributed by atoms with Crippen molar-refractivity contribution in [1.82, 2.24) is 5.32 Å². The number of hydrogen-bond donors (Lipinski definition) is 2.